The highest BCUT2D eigenvalue weighted by Crippen LogP contribution is 2.19. The van der Waals surface area contributed by atoms with Crippen molar-refractivity contribution in [2.45, 2.75) is 6.61 Å². The lowest BCUT2D eigenvalue weighted by Gasteiger charge is -2.09. The van der Waals surface area contributed by atoms with Crippen LogP contribution in [0.5, 0.6) is 5.75 Å². The molecule has 3 aromatic carbocycles. The van der Waals surface area contributed by atoms with E-state index in [2.05, 4.69) is 26.5 Å². The van der Waals surface area contributed by atoms with Crippen LogP contribution < -0.4 is 10.2 Å². The van der Waals surface area contributed by atoms with Gasteiger partial charge in [0.1, 0.15) is 12.4 Å². The molecule has 0 aromatic heterocycles. The first kappa shape index (κ1) is 18.7. The monoisotopic (exact) mass is 424 g/mol. The molecular weight excluding hydrogens is 408 g/mol. The number of aromatic carboxylic acids is 1. The number of benzene rings is 3. The van der Waals surface area contributed by atoms with Crippen molar-refractivity contribution in [2.24, 2.45) is 5.10 Å². The quantitative estimate of drug-likeness (QED) is 0.405. The Balaban J connectivity index is 1.69. The summed E-state index contributed by atoms with van der Waals surface area (Å²) in [5.74, 6) is -0.316. The Morgan fingerprint density at radius 3 is 2.52 bits per heavy atom. The van der Waals surface area contributed by atoms with E-state index in [-0.39, 0.29) is 5.56 Å². The minimum absolute atomic E-state index is 0.162. The molecule has 3 rings (SSSR count). The number of anilines is 1. The molecule has 0 heterocycles. The number of ether oxygens (including phenoxy) is 1. The Hall–Kier alpha value is -3.12. The highest BCUT2D eigenvalue weighted by molar-refractivity contribution is 9.10. The summed E-state index contributed by atoms with van der Waals surface area (Å²) in [6.07, 6.45) is 1.61. The average Bonchev–Trinajstić information content (AvgIpc) is 2.69. The zero-order chi connectivity index (χ0) is 19.1. The van der Waals surface area contributed by atoms with E-state index in [1.807, 2.05) is 48.5 Å². The molecule has 0 radical (unpaired) electrons. The summed E-state index contributed by atoms with van der Waals surface area (Å²) >= 11 is 3.41. The minimum atomic E-state index is -1.01. The summed E-state index contributed by atoms with van der Waals surface area (Å²) < 4.78 is 6.92. The van der Waals surface area contributed by atoms with Crippen LogP contribution in [0.2, 0.25) is 0 Å². The van der Waals surface area contributed by atoms with Gasteiger partial charge in [-0.3, -0.25) is 5.43 Å². The number of carbonyl (C=O) groups is 1. The second-order valence-electron chi connectivity index (χ2n) is 5.67. The van der Waals surface area contributed by atoms with Crippen LogP contribution in [0.25, 0.3) is 0 Å². The molecule has 0 saturated heterocycles. The molecule has 0 unspecified atom stereocenters. The van der Waals surface area contributed by atoms with Crippen LogP contribution in [0.1, 0.15) is 21.5 Å². The van der Waals surface area contributed by atoms with Gasteiger partial charge in [0.15, 0.2) is 0 Å². The maximum Gasteiger partial charge on any atom is 0.337 e. The Bertz CT molecular complexity index is 956. The van der Waals surface area contributed by atoms with E-state index in [1.165, 1.54) is 6.07 Å². The van der Waals surface area contributed by atoms with E-state index in [0.29, 0.717) is 18.0 Å². The molecule has 3 aromatic rings. The molecule has 0 aliphatic carbocycles. The molecule has 6 heteroatoms. The predicted molar refractivity (Wildman–Crippen MR) is 110 cm³/mol. The number of rotatable bonds is 7. The molecule has 0 aliphatic rings. The lowest BCUT2D eigenvalue weighted by atomic mass is 10.2. The Morgan fingerprint density at radius 2 is 1.74 bits per heavy atom. The van der Waals surface area contributed by atoms with Crippen molar-refractivity contribution in [3.05, 3.63) is 94.0 Å². The van der Waals surface area contributed by atoms with Gasteiger partial charge in [0.25, 0.3) is 0 Å². The van der Waals surface area contributed by atoms with Crippen LogP contribution in [0.3, 0.4) is 0 Å². The van der Waals surface area contributed by atoms with E-state index in [9.17, 15) is 9.90 Å². The second-order valence-corrected chi connectivity index (χ2v) is 6.59. The molecule has 0 aliphatic heterocycles. The average molecular weight is 425 g/mol. The summed E-state index contributed by atoms with van der Waals surface area (Å²) in [4.78, 5) is 11.2. The van der Waals surface area contributed by atoms with Gasteiger partial charge in [-0.2, -0.15) is 5.10 Å². The number of carboxylic acid groups (broad SMARTS) is 1. The molecule has 0 saturated carbocycles. The van der Waals surface area contributed by atoms with Gasteiger partial charge in [-0.15, -0.1) is 0 Å². The summed E-state index contributed by atoms with van der Waals surface area (Å²) in [6, 6.07) is 22.1. The lowest BCUT2D eigenvalue weighted by molar-refractivity contribution is 0.0698. The van der Waals surface area contributed by atoms with Crippen LogP contribution in [-0.2, 0) is 6.61 Å². The van der Waals surface area contributed by atoms with E-state index in [4.69, 9.17) is 4.74 Å². The number of halogens is 1. The molecule has 27 heavy (non-hydrogen) atoms. The van der Waals surface area contributed by atoms with Crippen LogP contribution in [-0.4, -0.2) is 17.3 Å². The van der Waals surface area contributed by atoms with Crippen molar-refractivity contribution in [1.82, 2.24) is 0 Å². The molecule has 5 nitrogen and oxygen atoms in total. The molecule has 2 N–H and O–H groups in total. The SMILES string of the molecule is O=C(O)c1ccccc1N/N=C/c1ccccc1OCc1ccc(Br)cc1. The van der Waals surface area contributed by atoms with Crippen LogP contribution in [0, 0.1) is 0 Å². The van der Waals surface area contributed by atoms with Crippen molar-refractivity contribution in [3.63, 3.8) is 0 Å². The normalized spacial score (nSPS) is 10.7. The number of hydrazone groups is 1. The number of nitrogens with zero attached hydrogens (tertiary/aromatic N) is 1. The molecule has 0 spiro atoms. The van der Waals surface area contributed by atoms with Crippen LogP contribution >= 0.6 is 15.9 Å². The van der Waals surface area contributed by atoms with Gasteiger partial charge in [0.05, 0.1) is 17.5 Å². The van der Waals surface area contributed by atoms with Crippen molar-refractivity contribution < 1.29 is 14.6 Å². The summed E-state index contributed by atoms with van der Waals surface area (Å²) in [7, 11) is 0. The highest BCUT2D eigenvalue weighted by atomic mass is 79.9. The zero-order valence-electron chi connectivity index (χ0n) is 14.3. The maximum atomic E-state index is 11.2. The number of para-hydroxylation sites is 2. The summed E-state index contributed by atoms with van der Waals surface area (Å²) in [5, 5.41) is 13.4. The first-order valence-electron chi connectivity index (χ1n) is 8.21. The predicted octanol–water partition coefficient (Wildman–Crippen LogP) is 5.17. The number of carboxylic acids is 1. The van der Waals surface area contributed by atoms with Gasteiger partial charge in [0.2, 0.25) is 0 Å². The fourth-order valence-corrected chi connectivity index (χ4v) is 2.66. The minimum Gasteiger partial charge on any atom is -0.488 e. The van der Waals surface area contributed by atoms with Gasteiger partial charge in [-0.05, 0) is 42.0 Å². The molecule has 0 fully saturated rings. The van der Waals surface area contributed by atoms with Crippen LogP contribution in [0.4, 0.5) is 5.69 Å². The Kier molecular flexibility index (Phi) is 6.22. The molecule has 0 atom stereocenters. The van der Waals surface area contributed by atoms with Gasteiger partial charge < -0.3 is 9.84 Å². The maximum absolute atomic E-state index is 11.2. The zero-order valence-corrected chi connectivity index (χ0v) is 15.9. The van der Waals surface area contributed by atoms with E-state index < -0.39 is 5.97 Å². The topological polar surface area (TPSA) is 70.9 Å². The van der Waals surface area contributed by atoms with Gasteiger partial charge in [0, 0.05) is 10.0 Å². The molecular formula is C21H17BrN2O3. The van der Waals surface area contributed by atoms with Gasteiger partial charge in [-0.1, -0.05) is 52.3 Å². The van der Waals surface area contributed by atoms with E-state index >= 15 is 0 Å². The Labute approximate surface area is 165 Å². The largest absolute Gasteiger partial charge is 0.488 e. The van der Waals surface area contributed by atoms with Crippen LogP contribution in [0.15, 0.2) is 82.4 Å². The lowest BCUT2D eigenvalue weighted by Crippen LogP contribution is -2.02. The molecule has 0 amide bonds. The first-order valence-corrected chi connectivity index (χ1v) is 9.00. The molecule has 0 bridgehead atoms. The third-order valence-corrected chi connectivity index (χ3v) is 4.30. The smallest absolute Gasteiger partial charge is 0.337 e. The number of hydrogen-bond donors (Lipinski definition) is 2. The number of nitrogens with one attached hydrogen (secondary N) is 1. The van der Waals surface area contributed by atoms with Crippen molar-refractivity contribution in [1.29, 1.82) is 0 Å². The van der Waals surface area contributed by atoms with E-state index in [1.54, 1.807) is 24.4 Å². The third-order valence-electron chi connectivity index (χ3n) is 3.77. The first-order chi connectivity index (χ1) is 13.1. The van der Waals surface area contributed by atoms with Crippen molar-refractivity contribution in [3.8, 4) is 5.75 Å². The fraction of sp³-hybridized carbons (Fsp3) is 0.0476. The van der Waals surface area contributed by atoms with Crippen molar-refractivity contribution >= 4 is 33.8 Å². The van der Waals surface area contributed by atoms with Gasteiger partial charge in [-0.25, -0.2) is 4.79 Å². The van der Waals surface area contributed by atoms with E-state index in [0.717, 1.165) is 15.6 Å². The standard InChI is InChI=1S/C21H17BrN2O3/c22-17-11-9-15(10-12-17)14-27-20-8-4-1-5-16(20)13-23-24-19-7-3-2-6-18(19)21(25)26/h1-13,24H,14H2,(H,25,26)/b23-13+. The Morgan fingerprint density at radius 1 is 1.04 bits per heavy atom. The number of hydrogen-bond acceptors (Lipinski definition) is 4. The molecule has 136 valence electrons. The van der Waals surface area contributed by atoms with Gasteiger partial charge >= 0.3 is 5.97 Å². The summed E-state index contributed by atoms with van der Waals surface area (Å²) in [5.41, 5.74) is 5.21. The summed E-state index contributed by atoms with van der Waals surface area (Å²) in [6.45, 7) is 0.438. The fourth-order valence-electron chi connectivity index (χ4n) is 2.40. The third kappa shape index (κ3) is 5.18. The highest BCUT2D eigenvalue weighted by Gasteiger charge is 2.08. The second kappa shape index (κ2) is 9.00. The van der Waals surface area contributed by atoms with Crippen molar-refractivity contribution in [2.75, 3.05) is 5.43 Å².